The molecule has 0 radical (unpaired) electrons. The molecule has 0 amide bonds. The van der Waals surface area contributed by atoms with Crippen LogP contribution in [0.2, 0.25) is 0 Å². The fourth-order valence-corrected chi connectivity index (χ4v) is 3.56. The smallest absolute Gasteiger partial charge is 0.208 e. The van der Waals surface area contributed by atoms with Crippen LogP contribution in [0.5, 0.6) is 0 Å². The van der Waals surface area contributed by atoms with Gasteiger partial charge in [0.05, 0.1) is 10.5 Å². The Hall–Kier alpha value is -0.600. The van der Waals surface area contributed by atoms with Gasteiger partial charge < -0.3 is 0 Å². The van der Waals surface area contributed by atoms with E-state index in [9.17, 15) is 21.6 Å². The summed E-state index contributed by atoms with van der Waals surface area (Å²) in [5.74, 6) is 0. The van der Waals surface area contributed by atoms with E-state index in [0.717, 1.165) is 18.2 Å². The Morgan fingerprint density at radius 3 is 2.50 bits per heavy atom. The van der Waals surface area contributed by atoms with E-state index in [1.54, 1.807) is 0 Å². The van der Waals surface area contributed by atoms with Crippen molar-refractivity contribution >= 4 is 26.0 Å². The Balaban J connectivity index is 3.04. The third-order valence-corrected chi connectivity index (χ3v) is 4.72. The lowest BCUT2D eigenvalue weighted by Crippen LogP contribution is -2.34. The molecule has 0 aliphatic carbocycles. The summed E-state index contributed by atoms with van der Waals surface area (Å²) in [6.45, 7) is 1.81. The van der Waals surface area contributed by atoms with Gasteiger partial charge in [-0.15, -0.1) is 0 Å². The first-order chi connectivity index (χ1) is 9.20. The van der Waals surface area contributed by atoms with E-state index in [4.69, 9.17) is 0 Å². The quantitative estimate of drug-likeness (QED) is 0.775. The lowest BCUT2D eigenvalue weighted by molar-refractivity contribution is -0.137. The van der Waals surface area contributed by atoms with Crippen LogP contribution < -0.4 is 4.72 Å². The summed E-state index contributed by atoms with van der Waals surface area (Å²) >= 11 is 3.21. The van der Waals surface area contributed by atoms with Crippen molar-refractivity contribution < 1.29 is 21.6 Å². The highest BCUT2D eigenvalue weighted by Gasteiger charge is 2.31. The fourth-order valence-electron chi connectivity index (χ4n) is 1.61. The molecule has 1 atom stereocenters. The molecule has 20 heavy (non-hydrogen) atoms. The van der Waals surface area contributed by atoms with Gasteiger partial charge in [0.1, 0.15) is 0 Å². The van der Waals surface area contributed by atoms with Crippen molar-refractivity contribution in [3.05, 3.63) is 29.8 Å². The summed E-state index contributed by atoms with van der Waals surface area (Å²) in [5.41, 5.74) is -0.978. The summed E-state index contributed by atoms with van der Waals surface area (Å²) in [6, 6.07) is 3.41. The van der Waals surface area contributed by atoms with Gasteiger partial charge in [-0.25, -0.2) is 13.1 Å². The molecule has 0 aliphatic rings. The van der Waals surface area contributed by atoms with Crippen molar-refractivity contribution in [3.63, 3.8) is 0 Å². The minimum atomic E-state index is -4.56. The van der Waals surface area contributed by atoms with E-state index in [1.165, 1.54) is 0 Å². The molecule has 3 nitrogen and oxygen atoms in total. The van der Waals surface area contributed by atoms with Gasteiger partial charge in [0, 0.05) is 11.4 Å². The van der Waals surface area contributed by atoms with Gasteiger partial charge in [-0.3, -0.25) is 0 Å². The molecule has 1 N–H and O–H groups in total. The molecular formula is C12H15BrF3NO2S. The number of alkyl halides is 4. The standard InChI is InChI=1S/C12H15BrF3NO2S/c1-2-10(6-7-13)17-20(18,19)11-5-3-4-9(8-11)12(14,15)16/h3-5,8,10,17H,2,6-7H2,1H3. The SMILES string of the molecule is CCC(CCBr)NS(=O)(=O)c1cccc(C(F)(F)F)c1. The average Bonchev–Trinajstić information content (AvgIpc) is 2.37. The normalized spacial score (nSPS) is 14.2. The van der Waals surface area contributed by atoms with Gasteiger partial charge >= 0.3 is 6.18 Å². The largest absolute Gasteiger partial charge is 0.416 e. The van der Waals surface area contributed by atoms with Crippen LogP contribution in [0.3, 0.4) is 0 Å². The second kappa shape index (κ2) is 6.91. The predicted octanol–water partition coefficient (Wildman–Crippen LogP) is 3.55. The summed E-state index contributed by atoms with van der Waals surface area (Å²) < 4.78 is 64.3. The highest BCUT2D eigenvalue weighted by molar-refractivity contribution is 9.09. The first-order valence-electron chi connectivity index (χ1n) is 5.96. The summed E-state index contributed by atoms with van der Waals surface area (Å²) in [6.07, 6.45) is -3.44. The minimum Gasteiger partial charge on any atom is -0.208 e. The van der Waals surface area contributed by atoms with Crippen molar-refractivity contribution in [2.45, 2.75) is 36.9 Å². The molecule has 0 heterocycles. The molecule has 1 aromatic carbocycles. The molecule has 0 spiro atoms. The molecule has 0 saturated carbocycles. The number of hydrogen-bond acceptors (Lipinski definition) is 2. The second-order valence-corrected chi connectivity index (χ2v) is 6.74. The van der Waals surface area contributed by atoms with E-state index in [-0.39, 0.29) is 10.9 Å². The molecule has 1 rings (SSSR count). The highest BCUT2D eigenvalue weighted by atomic mass is 79.9. The molecule has 0 saturated heterocycles. The second-order valence-electron chi connectivity index (χ2n) is 4.23. The zero-order chi connectivity index (χ0) is 15.4. The number of halogens is 4. The Morgan fingerprint density at radius 1 is 1.35 bits per heavy atom. The first-order valence-corrected chi connectivity index (χ1v) is 8.56. The van der Waals surface area contributed by atoms with Crippen molar-refractivity contribution in [1.29, 1.82) is 0 Å². The maximum absolute atomic E-state index is 12.6. The lowest BCUT2D eigenvalue weighted by atomic mass is 10.2. The molecule has 1 unspecified atom stereocenters. The Kier molecular flexibility index (Phi) is 6.03. The van der Waals surface area contributed by atoms with Gasteiger partial charge in [0.25, 0.3) is 0 Å². The minimum absolute atomic E-state index is 0.311. The monoisotopic (exact) mass is 373 g/mol. The Morgan fingerprint density at radius 2 is 2.00 bits per heavy atom. The van der Waals surface area contributed by atoms with Gasteiger partial charge in [-0.2, -0.15) is 13.2 Å². The van der Waals surface area contributed by atoms with Crippen LogP contribution in [0.4, 0.5) is 13.2 Å². The molecule has 0 aliphatic heterocycles. The van der Waals surface area contributed by atoms with Crippen molar-refractivity contribution in [2.24, 2.45) is 0 Å². The van der Waals surface area contributed by atoms with E-state index in [0.29, 0.717) is 24.2 Å². The Labute approximate surface area is 124 Å². The molecule has 114 valence electrons. The van der Waals surface area contributed by atoms with Crippen molar-refractivity contribution in [1.82, 2.24) is 4.72 Å². The average molecular weight is 374 g/mol. The number of nitrogens with one attached hydrogen (secondary N) is 1. The van der Waals surface area contributed by atoms with Gasteiger partial charge in [0.2, 0.25) is 10.0 Å². The molecule has 0 aromatic heterocycles. The fraction of sp³-hybridized carbons (Fsp3) is 0.500. The van der Waals surface area contributed by atoms with Crippen LogP contribution in [0, 0.1) is 0 Å². The van der Waals surface area contributed by atoms with Crippen LogP contribution in [0.25, 0.3) is 0 Å². The highest BCUT2D eigenvalue weighted by Crippen LogP contribution is 2.30. The van der Waals surface area contributed by atoms with Crippen molar-refractivity contribution in [3.8, 4) is 0 Å². The summed E-state index contributed by atoms with van der Waals surface area (Å²) in [4.78, 5) is -0.375. The van der Waals surface area contributed by atoms with E-state index >= 15 is 0 Å². The van der Waals surface area contributed by atoms with Gasteiger partial charge in [-0.05, 0) is 31.0 Å². The maximum Gasteiger partial charge on any atom is 0.416 e. The molecule has 1 aromatic rings. The first kappa shape index (κ1) is 17.5. The van der Waals surface area contributed by atoms with Gasteiger partial charge in [0.15, 0.2) is 0 Å². The molecule has 8 heteroatoms. The van der Waals surface area contributed by atoms with Crippen LogP contribution in [0.15, 0.2) is 29.2 Å². The third-order valence-electron chi connectivity index (χ3n) is 2.74. The maximum atomic E-state index is 12.6. The number of rotatable bonds is 6. The summed E-state index contributed by atoms with van der Waals surface area (Å²) in [7, 11) is -3.95. The topological polar surface area (TPSA) is 46.2 Å². The van der Waals surface area contributed by atoms with E-state index in [1.807, 2.05) is 6.92 Å². The molecular weight excluding hydrogens is 359 g/mol. The zero-order valence-electron chi connectivity index (χ0n) is 10.7. The molecule has 0 fully saturated rings. The van der Waals surface area contributed by atoms with E-state index < -0.39 is 21.8 Å². The number of sulfonamides is 1. The van der Waals surface area contributed by atoms with Crippen LogP contribution in [0.1, 0.15) is 25.3 Å². The number of hydrogen-bond donors (Lipinski definition) is 1. The number of benzene rings is 1. The third kappa shape index (κ3) is 4.75. The lowest BCUT2D eigenvalue weighted by Gasteiger charge is -2.16. The van der Waals surface area contributed by atoms with Crippen LogP contribution in [-0.4, -0.2) is 19.8 Å². The molecule has 0 bridgehead atoms. The van der Waals surface area contributed by atoms with Crippen LogP contribution in [-0.2, 0) is 16.2 Å². The van der Waals surface area contributed by atoms with Crippen LogP contribution >= 0.6 is 15.9 Å². The van der Waals surface area contributed by atoms with Crippen molar-refractivity contribution in [2.75, 3.05) is 5.33 Å². The predicted molar refractivity (Wildman–Crippen MR) is 74.3 cm³/mol. The zero-order valence-corrected chi connectivity index (χ0v) is 13.1. The summed E-state index contributed by atoms with van der Waals surface area (Å²) in [5, 5.41) is 0.608. The van der Waals surface area contributed by atoms with Gasteiger partial charge in [-0.1, -0.05) is 28.9 Å². The Bertz CT molecular complexity index is 546. The van der Waals surface area contributed by atoms with E-state index in [2.05, 4.69) is 20.7 Å².